The van der Waals surface area contributed by atoms with Crippen LogP contribution in [0.3, 0.4) is 0 Å². The van der Waals surface area contributed by atoms with Crippen LogP contribution in [0.25, 0.3) is 0 Å². The van der Waals surface area contributed by atoms with Crippen molar-refractivity contribution in [3.63, 3.8) is 0 Å². The van der Waals surface area contributed by atoms with Crippen LogP contribution in [0.1, 0.15) is 28.8 Å². The van der Waals surface area contributed by atoms with Gasteiger partial charge in [0.1, 0.15) is 0 Å². The van der Waals surface area contributed by atoms with Crippen LogP contribution in [0.4, 0.5) is 5.69 Å². The van der Waals surface area contributed by atoms with Gasteiger partial charge >= 0.3 is 0 Å². The number of benzene rings is 1. The van der Waals surface area contributed by atoms with Gasteiger partial charge in [0.05, 0.1) is 6.54 Å². The number of carbonyl (C=O) groups is 2. The van der Waals surface area contributed by atoms with Crippen molar-refractivity contribution in [3.8, 4) is 0 Å². The quantitative estimate of drug-likeness (QED) is 0.865. The maximum atomic E-state index is 12.2. The van der Waals surface area contributed by atoms with E-state index in [2.05, 4.69) is 15.5 Å². The molecule has 2 N–H and O–H groups in total. The predicted molar refractivity (Wildman–Crippen MR) is 101 cm³/mol. The first-order valence-corrected chi connectivity index (χ1v) is 9.47. The SMILES string of the molecule is Cc1ccccc1NC(=O)CN1CCC(NC(=O)c2ccsc2)CC1. The average molecular weight is 357 g/mol. The molecular weight excluding hydrogens is 334 g/mol. The fourth-order valence-electron chi connectivity index (χ4n) is 3.00. The van der Waals surface area contributed by atoms with E-state index in [0.29, 0.717) is 6.54 Å². The fraction of sp³-hybridized carbons (Fsp3) is 0.368. The molecule has 25 heavy (non-hydrogen) atoms. The van der Waals surface area contributed by atoms with Crippen LogP contribution < -0.4 is 10.6 Å². The van der Waals surface area contributed by atoms with E-state index < -0.39 is 0 Å². The Bertz CT molecular complexity index is 722. The molecular formula is C19H23N3O2S. The second-order valence-electron chi connectivity index (χ2n) is 6.40. The van der Waals surface area contributed by atoms with Gasteiger partial charge in [0.25, 0.3) is 5.91 Å². The predicted octanol–water partition coefficient (Wildman–Crippen LogP) is 2.89. The van der Waals surface area contributed by atoms with Crippen LogP contribution in [0.2, 0.25) is 0 Å². The smallest absolute Gasteiger partial charge is 0.252 e. The molecule has 1 aromatic heterocycles. The van der Waals surface area contributed by atoms with Gasteiger partial charge in [0.15, 0.2) is 0 Å². The van der Waals surface area contributed by atoms with Gasteiger partial charge < -0.3 is 10.6 Å². The molecule has 0 saturated carbocycles. The number of rotatable bonds is 5. The van der Waals surface area contributed by atoms with Crippen LogP contribution in [0.15, 0.2) is 41.1 Å². The molecule has 1 aromatic carbocycles. The summed E-state index contributed by atoms with van der Waals surface area (Å²) in [7, 11) is 0. The monoisotopic (exact) mass is 357 g/mol. The largest absolute Gasteiger partial charge is 0.349 e. The highest BCUT2D eigenvalue weighted by Crippen LogP contribution is 2.15. The minimum atomic E-state index is -0.00278. The van der Waals surface area contributed by atoms with Crippen LogP contribution in [-0.2, 0) is 4.79 Å². The summed E-state index contributed by atoms with van der Waals surface area (Å²) < 4.78 is 0. The molecule has 5 nitrogen and oxygen atoms in total. The number of carbonyl (C=O) groups excluding carboxylic acids is 2. The third-order valence-corrected chi connectivity index (χ3v) is 5.18. The summed E-state index contributed by atoms with van der Waals surface area (Å²) in [6.45, 7) is 4.00. The van der Waals surface area contributed by atoms with Crippen LogP contribution in [-0.4, -0.2) is 42.4 Å². The molecule has 0 spiro atoms. The molecule has 0 radical (unpaired) electrons. The number of amides is 2. The van der Waals surface area contributed by atoms with Gasteiger partial charge in [-0.1, -0.05) is 18.2 Å². The van der Waals surface area contributed by atoms with Crippen LogP contribution >= 0.6 is 11.3 Å². The number of hydrogen-bond donors (Lipinski definition) is 2. The number of nitrogens with one attached hydrogen (secondary N) is 2. The molecule has 3 rings (SSSR count). The number of anilines is 1. The van der Waals surface area contributed by atoms with E-state index in [0.717, 1.165) is 42.7 Å². The number of likely N-dealkylation sites (tertiary alicyclic amines) is 1. The van der Waals surface area contributed by atoms with E-state index in [9.17, 15) is 9.59 Å². The van der Waals surface area contributed by atoms with E-state index in [1.54, 1.807) is 0 Å². The van der Waals surface area contributed by atoms with Gasteiger partial charge in [-0.15, -0.1) is 0 Å². The fourth-order valence-corrected chi connectivity index (χ4v) is 3.64. The Labute approximate surface area is 152 Å². The first kappa shape index (κ1) is 17.6. The van der Waals surface area contributed by atoms with E-state index in [-0.39, 0.29) is 17.9 Å². The van der Waals surface area contributed by atoms with Gasteiger partial charge in [-0.3, -0.25) is 14.5 Å². The van der Waals surface area contributed by atoms with Crippen molar-refractivity contribution in [3.05, 3.63) is 52.2 Å². The summed E-state index contributed by atoms with van der Waals surface area (Å²) >= 11 is 1.53. The number of para-hydroxylation sites is 1. The lowest BCUT2D eigenvalue weighted by Crippen LogP contribution is -2.46. The third kappa shape index (κ3) is 4.90. The molecule has 0 atom stereocenters. The van der Waals surface area contributed by atoms with Gasteiger partial charge in [-0.25, -0.2) is 0 Å². The Morgan fingerprint density at radius 1 is 1.20 bits per heavy atom. The van der Waals surface area contributed by atoms with Gasteiger partial charge in [0.2, 0.25) is 5.91 Å². The van der Waals surface area contributed by atoms with Crippen molar-refractivity contribution in [1.82, 2.24) is 10.2 Å². The summed E-state index contributed by atoms with van der Waals surface area (Å²) in [5, 5.41) is 9.82. The highest BCUT2D eigenvalue weighted by atomic mass is 32.1. The molecule has 1 aliphatic rings. The highest BCUT2D eigenvalue weighted by molar-refractivity contribution is 7.08. The van der Waals surface area contributed by atoms with Gasteiger partial charge in [0, 0.05) is 35.8 Å². The minimum Gasteiger partial charge on any atom is -0.349 e. The average Bonchev–Trinajstić information content (AvgIpc) is 3.13. The zero-order valence-corrected chi connectivity index (χ0v) is 15.1. The number of thiophene rings is 1. The van der Waals surface area contributed by atoms with Crippen molar-refractivity contribution in [2.45, 2.75) is 25.8 Å². The number of aryl methyl sites for hydroxylation is 1. The lowest BCUT2D eigenvalue weighted by molar-refractivity contribution is -0.117. The van der Waals surface area contributed by atoms with Crippen molar-refractivity contribution < 1.29 is 9.59 Å². The summed E-state index contributed by atoms with van der Waals surface area (Å²) in [6, 6.07) is 9.80. The summed E-state index contributed by atoms with van der Waals surface area (Å²) in [4.78, 5) is 26.5. The Morgan fingerprint density at radius 3 is 2.64 bits per heavy atom. The number of nitrogens with zero attached hydrogens (tertiary/aromatic N) is 1. The van der Waals surface area contributed by atoms with Crippen LogP contribution in [0, 0.1) is 6.92 Å². The second kappa shape index (κ2) is 8.27. The summed E-state index contributed by atoms with van der Waals surface area (Å²) in [5.74, 6) is 0.00653. The molecule has 0 aliphatic carbocycles. The molecule has 0 unspecified atom stereocenters. The van der Waals surface area contributed by atoms with Crippen molar-refractivity contribution in [2.75, 3.05) is 25.0 Å². The first-order valence-electron chi connectivity index (χ1n) is 8.53. The molecule has 132 valence electrons. The van der Waals surface area contributed by atoms with Crippen molar-refractivity contribution in [1.29, 1.82) is 0 Å². The molecule has 6 heteroatoms. The van der Waals surface area contributed by atoms with E-state index in [1.165, 1.54) is 11.3 Å². The van der Waals surface area contributed by atoms with Gasteiger partial charge in [-0.05, 0) is 42.8 Å². The Balaban J connectivity index is 1.42. The molecule has 0 bridgehead atoms. The minimum absolute atomic E-state index is 0.00278. The normalized spacial score (nSPS) is 15.7. The Hall–Kier alpha value is -2.18. The highest BCUT2D eigenvalue weighted by Gasteiger charge is 2.22. The maximum Gasteiger partial charge on any atom is 0.252 e. The zero-order valence-electron chi connectivity index (χ0n) is 14.3. The first-order chi connectivity index (χ1) is 12.1. The van der Waals surface area contributed by atoms with Crippen molar-refractivity contribution in [2.24, 2.45) is 0 Å². The maximum absolute atomic E-state index is 12.2. The molecule has 2 aromatic rings. The van der Waals surface area contributed by atoms with E-state index in [4.69, 9.17) is 0 Å². The van der Waals surface area contributed by atoms with E-state index >= 15 is 0 Å². The Morgan fingerprint density at radius 2 is 1.96 bits per heavy atom. The zero-order chi connectivity index (χ0) is 17.6. The topological polar surface area (TPSA) is 61.4 Å². The molecule has 1 saturated heterocycles. The van der Waals surface area contributed by atoms with E-state index in [1.807, 2.05) is 48.0 Å². The molecule has 1 aliphatic heterocycles. The molecule has 2 amide bonds. The lowest BCUT2D eigenvalue weighted by Gasteiger charge is -2.31. The third-order valence-electron chi connectivity index (χ3n) is 4.49. The standard InChI is InChI=1S/C19H23N3O2S/c1-14-4-2-3-5-17(14)21-18(23)12-22-9-6-16(7-10-22)20-19(24)15-8-11-25-13-15/h2-5,8,11,13,16H,6-7,9-10,12H2,1H3,(H,20,24)(H,21,23). The van der Waals surface area contributed by atoms with Crippen molar-refractivity contribution >= 4 is 28.8 Å². The summed E-state index contributed by atoms with van der Waals surface area (Å²) in [6.07, 6.45) is 1.74. The molecule has 1 fully saturated rings. The molecule has 2 heterocycles. The second-order valence-corrected chi connectivity index (χ2v) is 7.18. The lowest BCUT2D eigenvalue weighted by atomic mass is 10.0. The summed E-state index contributed by atoms with van der Waals surface area (Å²) in [5.41, 5.74) is 2.65. The Kier molecular flexibility index (Phi) is 5.83. The van der Waals surface area contributed by atoms with Crippen LogP contribution in [0.5, 0.6) is 0 Å². The van der Waals surface area contributed by atoms with Gasteiger partial charge in [-0.2, -0.15) is 11.3 Å². The number of hydrogen-bond acceptors (Lipinski definition) is 4. The number of piperidine rings is 1.